The Morgan fingerprint density at radius 2 is 1.43 bits per heavy atom. The first kappa shape index (κ1) is 35.1. The van der Waals surface area contributed by atoms with Gasteiger partial charge in [-0.25, -0.2) is 9.59 Å². The number of nitrogens with zero attached hydrogens (tertiary/aromatic N) is 4. The molecule has 1 aliphatic carbocycles. The molecule has 4 fully saturated rings. The zero-order chi connectivity index (χ0) is 32.9. The van der Waals surface area contributed by atoms with Gasteiger partial charge in [0.1, 0.15) is 0 Å². The second-order valence-electron chi connectivity index (χ2n) is 11.5. The monoisotopic (exact) mass is 638 g/mol. The quantitative estimate of drug-likeness (QED) is 0.477. The molecule has 3 aliphatic heterocycles. The minimum absolute atomic E-state index is 0.0944. The summed E-state index contributed by atoms with van der Waals surface area (Å²) in [6, 6.07) is 3.68. The first-order chi connectivity index (χ1) is 20.5. The van der Waals surface area contributed by atoms with Crippen LogP contribution in [-0.4, -0.2) is 112 Å². The van der Waals surface area contributed by atoms with Crippen LogP contribution in [0.4, 0.5) is 26.3 Å². The second kappa shape index (κ2) is 13.7. The van der Waals surface area contributed by atoms with Gasteiger partial charge in [-0.3, -0.25) is 14.6 Å². The van der Waals surface area contributed by atoms with E-state index in [2.05, 4.69) is 21.7 Å². The van der Waals surface area contributed by atoms with Crippen LogP contribution in [0, 0.1) is 16.7 Å². The summed E-state index contributed by atoms with van der Waals surface area (Å²) < 4.78 is 63.5. The number of halogens is 6. The molecule has 4 aliphatic rings. The molecular formula is C28H36F6N4O6. The van der Waals surface area contributed by atoms with Crippen LogP contribution in [0.2, 0.25) is 0 Å². The third-order valence-electron chi connectivity index (χ3n) is 9.13. The standard InChI is InChI=1S/C24H34N4O2.2C2HF3O2/c1-2-26-17-20-23(7-8-24(20,18-26)22(30)28-12-3-4-13-28)9-14-27(15-10-23)21(29)19-6-5-11-25-16-19;2*3-2(4,5)1(6)7/h5-6,11,16,20H,2-4,7-10,12-15,17-18H2,1H3;2*(H,6,7)/t20-,24+;;/m0../s1. The number of aliphatic carboxylic acids is 2. The lowest BCUT2D eigenvalue weighted by molar-refractivity contribution is -0.193. The molecule has 2 atom stereocenters. The fourth-order valence-electron chi connectivity index (χ4n) is 6.91. The smallest absolute Gasteiger partial charge is 0.475 e. The van der Waals surface area contributed by atoms with Gasteiger partial charge in [-0.2, -0.15) is 26.3 Å². The van der Waals surface area contributed by atoms with Gasteiger partial charge in [0.05, 0.1) is 11.0 Å². The third-order valence-corrected chi connectivity index (χ3v) is 9.13. The van der Waals surface area contributed by atoms with Crippen LogP contribution in [-0.2, 0) is 14.4 Å². The van der Waals surface area contributed by atoms with E-state index in [0.29, 0.717) is 17.4 Å². The zero-order valence-electron chi connectivity index (χ0n) is 24.2. The number of fused-ring (bicyclic) bond motifs is 2. The van der Waals surface area contributed by atoms with Crippen molar-refractivity contribution in [1.82, 2.24) is 19.7 Å². The molecule has 1 spiro atoms. The van der Waals surface area contributed by atoms with Crippen molar-refractivity contribution in [3.63, 3.8) is 0 Å². The van der Waals surface area contributed by atoms with Gasteiger partial charge < -0.3 is 24.9 Å². The van der Waals surface area contributed by atoms with Gasteiger partial charge >= 0.3 is 24.3 Å². The van der Waals surface area contributed by atoms with Gasteiger partial charge in [-0.1, -0.05) is 6.92 Å². The van der Waals surface area contributed by atoms with Crippen molar-refractivity contribution in [3.05, 3.63) is 30.1 Å². The van der Waals surface area contributed by atoms with E-state index in [1.165, 1.54) is 0 Å². The Balaban J connectivity index is 0.000000317. The number of hydrogen-bond acceptors (Lipinski definition) is 6. The van der Waals surface area contributed by atoms with Crippen molar-refractivity contribution < 1.29 is 55.7 Å². The molecule has 16 heteroatoms. The van der Waals surface area contributed by atoms with Gasteiger partial charge in [-0.15, -0.1) is 0 Å². The Bertz CT molecular complexity index is 1160. The molecule has 10 nitrogen and oxygen atoms in total. The lowest BCUT2D eigenvalue weighted by Gasteiger charge is -2.45. The molecule has 4 heterocycles. The van der Waals surface area contributed by atoms with Crippen LogP contribution in [0.5, 0.6) is 0 Å². The number of amides is 2. The number of carboxylic acids is 2. The largest absolute Gasteiger partial charge is 0.490 e. The first-order valence-electron chi connectivity index (χ1n) is 14.3. The summed E-state index contributed by atoms with van der Waals surface area (Å²) in [5.41, 5.74) is 0.706. The summed E-state index contributed by atoms with van der Waals surface area (Å²) in [6.45, 7) is 8.70. The van der Waals surface area contributed by atoms with Gasteiger partial charge in [0.25, 0.3) is 5.91 Å². The van der Waals surface area contributed by atoms with E-state index in [-0.39, 0.29) is 16.7 Å². The summed E-state index contributed by atoms with van der Waals surface area (Å²) in [6.07, 6.45) is -0.271. The highest BCUT2D eigenvalue weighted by molar-refractivity contribution is 5.94. The number of aromatic nitrogens is 1. The van der Waals surface area contributed by atoms with Crippen molar-refractivity contribution in [1.29, 1.82) is 0 Å². The summed E-state index contributed by atoms with van der Waals surface area (Å²) in [5, 5.41) is 14.2. The molecule has 1 saturated carbocycles. The maximum Gasteiger partial charge on any atom is 0.490 e. The number of hydrogen-bond donors (Lipinski definition) is 2. The molecule has 246 valence electrons. The molecule has 0 radical (unpaired) electrons. The molecular weight excluding hydrogens is 602 g/mol. The SMILES string of the molecule is CCN1C[C@H]2C3(CCN(C(=O)c4cccnc4)CC3)CC[C@@]2(C(=O)N2CCCC2)C1.O=C(O)C(F)(F)F.O=C(O)C(F)(F)F. The number of piperidine rings is 1. The Hall–Kier alpha value is -3.43. The van der Waals surface area contributed by atoms with E-state index in [0.717, 1.165) is 84.3 Å². The molecule has 0 bridgehead atoms. The predicted octanol–water partition coefficient (Wildman–Crippen LogP) is 3.92. The van der Waals surface area contributed by atoms with Crippen LogP contribution in [0.15, 0.2) is 24.5 Å². The minimum atomic E-state index is -5.08. The van der Waals surface area contributed by atoms with Crippen LogP contribution < -0.4 is 0 Å². The lowest BCUT2D eigenvalue weighted by atomic mass is 9.65. The van der Waals surface area contributed by atoms with Crippen LogP contribution >= 0.6 is 0 Å². The fourth-order valence-corrected chi connectivity index (χ4v) is 6.91. The molecule has 1 aromatic heterocycles. The Morgan fingerprint density at radius 1 is 0.886 bits per heavy atom. The van der Waals surface area contributed by atoms with E-state index >= 15 is 0 Å². The minimum Gasteiger partial charge on any atom is -0.475 e. The van der Waals surface area contributed by atoms with Crippen LogP contribution in [0.1, 0.15) is 55.8 Å². The van der Waals surface area contributed by atoms with Crippen LogP contribution in [0.3, 0.4) is 0 Å². The topological polar surface area (TPSA) is 131 Å². The lowest BCUT2D eigenvalue weighted by Crippen LogP contribution is -2.50. The summed E-state index contributed by atoms with van der Waals surface area (Å²) in [7, 11) is 0. The zero-order valence-corrected chi connectivity index (χ0v) is 24.2. The number of alkyl halides is 6. The Labute approximate surface area is 250 Å². The van der Waals surface area contributed by atoms with Gasteiger partial charge in [-0.05, 0) is 68.5 Å². The second-order valence-corrected chi connectivity index (χ2v) is 11.5. The molecule has 3 saturated heterocycles. The normalized spacial score (nSPS) is 24.6. The van der Waals surface area contributed by atoms with E-state index in [1.807, 2.05) is 17.0 Å². The molecule has 1 aromatic rings. The maximum atomic E-state index is 13.7. The third kappa shape index (κ3) is 7.80. The number of carbonyl (C=O) groups is 4. The van der Waals surface area contributed by atoms with Crippen LogP contribution in [0.25, 0.3) is 0 Å². The molecule has 5 rings (SSSR count). The molecule has 2 amide bonds. The maximum absolute atomic E-state index is 13.7. The number of pyridine rings is 1. The predicted molar refractivity (Wildman–Crippen MR) is 142 cm³/mol. The van der Waals surface area contributed by atoms with Gasteiger partial charge in [0.15, 0.2) is 0 Å². The van der Waals surface area contributed by atoms with Gasteiger partial charge in [0, 0.05) is 51.7 Å². The van der Waals surface area contributed by atoms with Crippen molar-refractivity contribution in [2.45, 2.75) is 57.8 Å². The van der Waals surface area contributed by atoms with Crippen molar-refractivity contribution in [3.8, 4) is 0 Å². The average molecular weight is 639 g/mol. The van der Waals surface area contributed by atoms with E-state index in [1.54, 1.807) is 12.4 Å². The molecule has 2 N–H and O–H groups in total. The summed E-state index contributed by atoms with van der Waals surface area (Å²) in [4.78, 5) is 55.2. The molecule has 0 aromatic carbocycles. The number of likely N-dealkylation sites (tertiary alicyclic amines) is 3. The van der Waals surface area contributed by atoms with E-state index in [4.69, 9.17) is 19.8 Å². The van der Waals surface area contributed by atoms with Crippen molar-refractivity contribution in [2.24, 2.45) is 16.7 Å². The average Bonchev–Trinajstić information content (AvgIpc) is 3.70. The number of rotatable bonds is 3. The Kier molecular flexibility index (Phi) is 10.9. The Morgan fingerprint density at radius 3 is 1.89 bits per heavy atom. The number of carbonyl (C=O) groups excluding carboxylic acids is 2. The van der Waals surface area contributed by atoms with E-state index < -0.39 is 24.3 Å². The van der Waals surface area contributed by atoms with Crippen molar-refractivity contribution in [2.75, 3.05) is 45.8 Å². The first-order valence-corrected chi connectivity index (χ1v) is 14.3. The summed E-state index contributed by atoms with van der Waals surface area (Å²) >= 11 is 0. The number of carboxylic acid groups (broad SMARTS) is 2. The highest BCUT2D eigenvalue weighted by Crippen LogP contribution is 2.62. The molecule has 44 heavy (non-hydrogen) atoms. The van der Waals surface area contributed by atoms with E-state index in [9.17, 15) is 35.9 Å². The summed E-state index contributed by atoms with van der Waals surface area (Å²) in [5.74, 6) is -4.54. The molecule has 0 unspecified atom stereocenters. The highest BCUT2D eigenvalue weighted by atomic mass is 19.4. The van der Waals surface area contributed by atoms with Crippen molar-refractivity contribution >= 4 is 23.8 Å². The highest BCUT2D eigenvalue weighted by Gasteiger charge is 2.64. The van der Waals surface area contributed by atoms with Gasteiger partial charge in [0.2, 0.25) is 5.91 Å². The fraction of sp³-hybridized carbons (Fsp3) is 0.679.